The fraction of sp³-hybridized carbons (Fsp3) is 0. The van der Waals surface area contributed by atoms with Crippen LogP contribution in [0, 0.1) is 10.1 Å². The maximum atomic E-state index is 10.8. The van der Waals surface area contributed by atoms with Gasteiger partial charge in [0.15, 0.2) is 0 Å². The lowest BCUT2D eigenvalue weighted by Gasteiger charge is -2.03. The van der Waals surface area contributed by atoms with E-state index in [1.165, 1.54) is 0 Å². The number of non-ortho nitro benzene ring substituents is 1. The van der Waals surface area contributed by atoms with Crippen molar-refractivity contribution in [3.63, 3.8) is 0 Å². The van der Waals surface area contributed by atoms with Gasteiger partial charge in [-0.05, 0) is 15.9 Å². The summed E-state index contributed by atoms with van der Waals surface area (Å²) < 4.78 is -0.147. The lowest BCUT2D eigenvalue weighted by Crippen LogP contribution is -2.09. The number of nitro groups is 1. The van der Waals surface area contributed by atoms with Gasteiger partial charge in [0.1, 0.15) is 0 Å². The quantitative estimate of drug-likeness (QED) is 0.646. The molecule has 0 spiro atoms. The van der Waals surface area contributed by atoms with Gasteiger partial charge in [-0.3, -0.25) is 10.1 Å². The number of aromatic carboxylic acids is 2. The van der Waals surface area contributed by atoms with E-state index >= 15 is 0 Å². The molecule has 0 aliphatic rings. The van der Waals surface area contributed by atoms with Gasteiger partial charge in [0.05, 0.1) is 16.1 Å². The molecule has 16 heavy (non-hydrogen) atoms. The summed E-state index contributed by atoms with van der Waals surface area (Å²) >= 11 is 2.79. The van der Waals surface area contributed by atoms with Crippen LogP contribution in [0.4, 0.5) is 5.69 Å². The van der Waals surface area contributed by atoms with E-state index in [0.29, 0.717) is 6.07 Å². The zero-order valence-corrected chi connectivity index (χ0v) is 9.09. The molecule has 0 aliphatic carbocycles. The Hall–Kier alpha value is -1.96. The zero-order chi connectivity index (χ0) is 12.5. The molecule has 0 bridgehead atoms. The van der Waals surface area contributed by atoms with Crippen LogP contribution in [0.1, 0.15) is 20.7 Å². The topological polar surface area (TPSA) is 118 Å². The smallest absolute Gasteiger partial charge is 0.337 e. The van der Waals surface area contributed by atoms with Crippen molar-refractivity contribution in [2.75, 3.05) is 0 Å². The fourth-order valence-corrected chi connectivity index (χ4v) is 1.70. The van der Waals surface area contributed by atoms with E-state index < -0.39 is 33.7 Å². The Bertz CT molecular complexity index is 498. The molecule has 0 unspecified atom stereocenters. The molecule has 0 heterocycles. The van der Waals surface area contributed by atoms with Crippen molar-refractivity contribution in [3.8, 4) is 0 Å². The van der Waals surface area contributed by atoms with Crippen molar-refractivity contribution in [1.82, 2.24) is 0 Å². The van der Waals surface area contributed by atoms with E-state index in [1.54, 1.807) is 0 Å². The number of carbonyl (C=O) groups is 2. The van der Waals surface area contributed by atoms with Crippen LogP contribution in [0.2, 0.25) is 0 Å². The maximum absolute atomic E-state index is 10.8. The average molecular weight is 290 g/mol. The number of carboxylic acid groups (broad SMARTS) is 2. The second-order valence-corrected chi connectivity index (χ2v) is 3.57. The predicted molar refractivity (Wildman–Crippen MR) is 54.7 cm³/mol. The van der Waals surface area contributed by atoms with Crippen molar-refractivity contribution >= 4 is 33.6 Å². The van der Waals surface area contributed by atoms with Gasteiger partial charge in [-0.2, -0.15) is 0 Å². The van der Waals surface area contributed by atoms with Crippen LogP contribution < -0.4 is 0 Å². The third-order valence-corrected chi connectivity index (χ3v) is 2.36. The predicted octanol–water partition coefficient (Wildman–Crippen LogP) is 1.75. The molecule has 0 atom stereocenters. The highest BCUT2D eigenvalue weighted by atomic mass is 79.9. The molecule has 0 aromatic heterocycles. The number of hydrogen-bond donors (Lipinski definition) is 2. The number of rotatable bonds is 3. The molecule has 0 saturated heterocycles. The molecular weight excluding hydrogens is 286 g/mol. The molecule has 0 saturated carbocycles. The van der Waals surface area contributed by atoms with Crippen molar-refractivity contribution in [2.24, 2.45) is 0 Å². The molecule has 0 aliphatic heterocycles. The first-order chi connectivity index (χ1) is 7.34. The molecule has 1 aromatic rings. The molecule has 1 rings (SSSR count). The average Bonchev–Trinajstić information content (AvgIpc) is 2.15. The Balaban J connectivity index is 3.58. The highest BCUT2D eigenvalue weighted by Crippen LogP contribution is 2.27. The highest BCUT2D eigenvalue weighted by Gasteiger charge is 2.23. The van der Waals surface area contributed by atoms with Crippen molar-refractivity contribution in [3.05, 3.63) is 37.8 Å². The van der Waals surface area contributed by atoms with E-state index in [4.69, 9.17) is 10.2 Å². The van der Waals surface area contributed by atoms with Crippen molar-refractivity contribution in [2.45, 2.75) is 0 Å². The maximum Gasteiger partial charge on any atom is 0.337 e. The first kappa shape index (κ1) is 12.1. The number of nitrogens with zero attached hydrogens (tertiary/aromatic N) is 1. The van der Waals surface area contributed by atoms with Crippen molar-refractivity contribution < 1.29 is 24.7 Å². The largest absolute Gasteiger partial charge is 0.478 e. The summed E-state index contributed by atoms with van der Waals surface area (Å²) in [5, 5.41) is 28.0. The zero-order valence-electron chi connectivity index (χ0n) is 7.51. The molecular formula is C8H4BrNO6. The second kappa shape index (κ2) is 4.27. The van der Waals surface area contributed by atoms with Crippen LogP contribution in [0.15, 0.2) is 16.6 Å². The molecule has 1 aromatic carbocycles. The van der Waals surface area contributed by atoms with Gasteiger partial charge in [0.2, 0.25) is 0 Å². The molecule has 7 nitrogen and oxygen atoms in total. The Morgan fingerprint density at radius 3 is 2.19 bits per heavy atom. The molecule has 0 fully saturated rings. The van der Waals surface area contributed by atoms with Gasteiger partial charge in [0, 0.05) is 16.6 Å². The lowest BCUT2D eigenvalue weighted by atomic mass is 10.1. The Morgan fingerprint density at radius 2 is 1.81 bits per heavy atom. The Morgan fingerprint density at radius 1 is 1.25 bits per heavy atom. The molecule has 0 radical (unpaired) electrons. The third kappa shape index (κ3) is 2.16. The highest BCUT2D eigenvalue weighted by molar-refractivity contribution is 9.10. The minimum Gasteiger partial charge on any atom is -0.478 e. The van der Waals surface area contributed by atoms with Crippen LogP contribution in [0.3, 0.4) is 0 Å². The Labute approximate surface area is 96.6 Å². The van der Waals surface area contributed by atoms with Crippen LogP contribution in [-0.2, 0) is 0 Å². The number of halogens is 1. The van der Waals surface area contributed by atoms with Gasteiger partial charge in [-0.15, -0.1) is 0 Å². The summed E-state index contributed by atoms with van der Waals surface area (Å²) in [6.45, 7) is 0. The summed E-state index contributed by atoms with van der Waals surface area (Å²) in [5.41, 5.74) is -1.64. The van der Waals surface area contributed by atoms with Gasteiger partial charge >= 0.3 is 11.9 Å². The van der Waals surface area contributed by atoms with Gasteiger partial charge in [0.25, 0.3) is 5.69 Å². The normalized spacial score (nSPS) is 9.81. The van der Waals surface area contributed by atoms with Gasteiger partial charge < -0.3 is 10.2 Å². The summed E-state index contributed by atoms with van der Waals surface area (Å²) in [6, 6.07) is 1.65. The molecule has 0 amide bonds. The van der Waals surface area contributed by atoms with E-state index in [-0.39, 0.29) is 4.47 Å². The SMILES string of the molecule is O=C(O)c1cc([N+](=O)[O-])cc(Br)c1C(=O)O. The third-order valence-electron chi connectivity index (χ3n) is 1.73. The number of nitro benzene ring substituents is 1. The summed E-state index contributed by atoms with van der Waals surface area (Å²) in [7, 11) is 0. The lowest BCUT2D eigenvalue weighted by molar-refractivity contribution is -0.385. The van der Waals surface area contributed by atoms with Crippen LogP contribution in [0.25, 0.3) is 0 Å². The first-order valence-electron chi connectivity index (χ1n) is 3.79. The molecule has 84 valence electrons. The van der Waals surface area contributed by atoms with Crippen molar-refractivity contribution in [1.29, 1.82) is 0 Å². The number of benzene rings is 1. The van der Waals surface area contributed by atoms with E-state index in [2.05, 4.69) is 15.9 Å². The van der Waals surface area contributed by atoms with Gasteiger partial charge in [-0.1, -0.05) is 0 Å². The van der Waals surface area contributed by atoms with Crippen LogP contribution in [0.5, 0.6) is 0 Å². The Kier molecular flexibility index (Phi) is 3.23. The monoisotopic (exact) mass is 289 g/mol. The summed E-state index contributed by atoms with van der Waals surface area (Å²) in [4.78, 5) is 31.2. The first-order valence-corrected chi connectivity index (χ1v) is 4.58. The summed E-state index contributed by atoms with van der Waals surface area (Å²) in [5.74, 6) is -3.01. The number of carboxylic acids is 2. The van der Waals surface area contributed by atoms with E-state index in [9.17, 15) is 19.7 Å². The van der Waals surface area contributed by atoms with E-state index in [1.807, 2.05) is 0 Å². The minimum absolute atomic E-state index is 0.147. The standard InChI is InChI=1S/C8H4BrNO6/c9-5-2-3(10(15)16)1-4(7(11)12)6(5)8(13)14/h1-2H,(H,11,12)(H,13,14). The van der Waals surface area contributed by atoms with Crippen LogP contribution >= 0.6 is 15.9 Å². The second-order valence-electron chi connectivity index (χ2n) is 2.72. The fourth-order valence-electron chi connectivity index (χ4n) is 1.08. The minimum atomic E-state index is -1.54. The summed E-state index contributed by atoms with van der Waals surface area (Å²) in [6.07, 6.45) is 0. The van der Waals surface area contributed by atoms with Crippen LogP contribution in [-0.4, -0.2) is 27.1 Å². The number of hydrogen-bond acceptors (Lipinski definition) is 4. The van der Waals surface area contributed by atoms with Gasteiger partial charge in [-0.25, -0.2) is 9.59 Å². The molecule has 2 N–H and O–H groups in total. The molecule has 8 heteroatoms. The van der Waals surface area contributed by atoms with E-state index in [0.717, 1.165) is 6.07 Å².